The van der Waals surface area contributed by atoms with Crippen molar-refractivity contribution in [2.24, 2.45) is 0 Å². The van der Waals surface area contributed by atoms with Gasteiger partial charge in [-0.15, -0.1) is 0 Å². The summed E-state index contributed by atoms with van der Waals surface area (Å²) in [5.41, 5.74) is 0. The summed E-state index contributed by atoms with van der Waals surface area (Å²) in [7, 11) is 0. The van der Waals surface area contributed by atoms with Crippen molar-refractivity contribution in [2.75, 3.05) is 0 Å². The Morgan fingerprint density at radius 3 is 1.60 bits per heavy atom. The Balaban J connectivity index is -0.0000000200. The molecule has 0 N–H and O–H groups in total. The summed E-state index contributed by atoms with van der Waals surface area (Å²) in [6, 6.07) is 0. The van der Waals surface area contributed by atoms with Gasteiger partial charge in [-0.1, -0.05) is 0 Å². The van der Waals surface area contributed by atoms with E-state index in [-0.39, 0.29) is 33.6 Å². The van der Waals surface area contributed by atoms with Crippen molar-refractivity contribution in [1.29, 1.82) is 0 Å². The first kappa shape index (κ1) is 17.9. The van der Waals surface area contributed by atoms with Crippen molar-refractivity contribution in [1.82, 2.24) is 0 Å². The van der Waals surface area contributed by atoms with Crippen LogP contribution in [0.1, 0.15) is 0 Å². The van der Waals surface area contributed by atoms with Crippen molar-refractivity contribution in [3.63, 3.8) is 0 Å². The molecule has 2 nitrogen and oxygen atoms in total. The molecule has 0 atom stereocenters. The summed E-state index contributed by atoms with van der Waals surface area (Å²) in [4.78, 5) is 8.25. The first-order valence-electron chi connectivity index (χ1n) is 0.471. The summed E-state index contributed by atoms with van der Waals surface area (Å²) in [5, 5.41) is 8.25. The smallest absolute Gasteiger partial charge is 0.554 e. The van der Waals surface area contributed by atoms with Crippen LogP contribution < -0.4 is 5.11 Å². The van der Waals surface area contributed by atoms with Crippen LogP contribution in [-0.4, -0.2) is 6.47 Å². The number of carboxylic acid groups (broad SMARTS) is 1. The van der Waals surface area contributed by atoms with Crippen molar-refractivity contribution >= 4 is 6.47 Å². The molecule has 0 heterocycles. The molecule has 0 unspecified atom stereocenters. The van der Waals surface area contributed by atoms with E-state index in [1.54, 1.807) is 0 Å². The third-order valence-corrected chi connectivity index (χ3v) is 0. The van der Waals surface area contributed by atoms with E-state index in [0.717, 1.165) is 0 Å². The quantitative estimate of drug-likeness (QED) is 0.321. The van der Waals surface area contributed by atoms with Crippen LogP contribution in [-0.2, 0) is 38.4 Å². The Kier molecular flexibility index (Phi) is 88.4. The fourth-order valence-electron chi connectivity index (χ4n) is 0. The molecule has 0 aliphatic carbocycles. The topological polar surface area (TPSA) is 40.1 Å². The average Bonchev–Trinajstić information content (AvgIpc) is 0.918. The first-order valence-corrected chi connectivity index (χ1v) is 0.471. The van der Waals surface area contributed by atoms with Crippen molar-refractivity contribution in [2.45, 2.75) is 0 Å². The van der Waals surface area contributed by atoms with Gasteiger partial charge in [0.25, 0.3) is 0 Å². The zero-order valence-electron chi connectivity index (χ0n) is 2.01. The van der Waals surface area contributed by atoms with E-state index < -0.39 is 6.47 Å². The zero-order chi connectivity index (χ0) is 2.71. The molecule has 5 heavy (non-hydrogen) atoms. The summed E-state index contributed by atoms with van der Waals surface area (Å²) in [5.74, 6) is 0. The van der Waals surface area contributed by atoms with E-state index in [2.05, 4.69) is 0 Å². The van der Waals surface area contributed by atoms with Crippen LogP contribution in [0.15, 0.2) is 0 Å². The normalized spacial score (nSPS) is 2.40. The van der Waals surface area contributed by atoms with Crippen LogP contribution >= 0.6 is 0 Å². The van der Waals surface area contributed by atoms with Gasteiger partial charge in [0, 0.05) is 6.47 Å². The largest absolute Gasteiger partial charge is 2.00 e. The summed E-state index contributed by atoms with van der Waals surface area (Å²) < 4.78 is 0. The van der Waals surface area contributed by atoms with Crippen molar-refractivity contribution in [3.05, 3.63) is 0 Å². The van der Waals surface area contributed by atoms with Crippen LogP contribution in [0.5, 0.6) is 0 Å². The SMILES string of the molecule is O=C[O-].[Cu+].[Ni+2]. The van der Waals surface area contributed by atoms with E-state index >= 15 is 0 Å². The van der Waals surface area contributed by atoms with E-state index in [9.17, 15) is 0 Å². The molecule has 0 aliphatic rings. The summed E-state index contributed by atoms with van der Waals surface area (Å²) in [6.45, 7) is -0.500. The maximum Gasteiger partial charge on any atom is 2.00 e. The third-order valence-electron chi connectivity index (χ3n) is 0. The fourth-order valence-corrected chi connectivity index (χ4v) is 0. The third kappa shape index (κ3) is 118. The second-order valence-electron chi connectivity index (χ2n) is 0.0962. The van der Waals surface area contributed by atoms with Gasteiger partial charge in [-0.3, -0.25) is 0 Å². The summed E-state index contributed by atoms with van der Waals surface area (Å²) in [6.07, 6.45) is 0. The van der Waals surface area contributed by atoms with Crippen LogP contribution in [0.4, 0.5) is 0 Å². The Hall–Kier alpha value is 0.483. The molecule has 0 bridgehead atoms. The van der Waals surface area contributed by atoms with Crippen LogP contribution in [0.2, 0.25) is 0 Å². The molecular weight excluding hydrogens is 166 g/mol. The minimum Gasteiger partial charge on any atom is -0.554 e. The van der Waals surface area contributed by atoms with Gasteiger partial charge in [-0.05, 0) is 0 Å². The zero-order valence-corrected chi connectivity index (χ0v) is 3.94. The van der Waals surface area contributed by atoms with E-state index in [1.807, 2.05) is 0 Å². The Morgan fingerprint density at radius 1 is 1.60 bits per heavy atom. The predicted octanol–water partition coefficient (Wildman–Crippen LogP) is -1.64. The molecule has 0 radical (unpaired) electrons. The van der Waals surface area contributed by atoms with E-state index in [4.69, 9.17) is 9.90 Å². The molecule has 0 aromatic heterocycles. The number of carbonyl (C=O) groups is 1. The molecule has 36 valence electrons. The van der Waals surface area contributed by atoms with Gasteiger partial charge < -0.3 is 9.90 Å². The van der Waals surface area contributed by atoms with Gasteiger partial charge in [-0.2, -0.15) is 0 Å². The molecule has 4 heteroatoms. The maximum atomic E-state index is 8.25. The number of rotatable bonds is 0. The van der Waals surface area contributed by atoms with Gasteiger partial charge in [-0.25, -0.2) is 0 Å². The number of hydrogen-bond donors (Lipinski definition) is 0. The van der Waals surface area contributed by atoms with Crippen LogP contribution in [0.25, 0.3) is 0 Å². The molecule has 0 saturated heterocycles. The van der Waals surface area contributed by atoms with Crippen LogP contribution in [0, 0.1) is 0 Å². The minimum absolute atomic E-state index is 0. The Morgan fingerprint density at radius 2 is 1.60 bits per heavy atom. The fraction of sp³-hybridized carbons (Fsp3) is 0. The van der Waals surface area contributed by atoms with E-state index in [1.165, 1.54) is 0 Å². The Labute approximate surface area is 50.3 Å². The molecule has 0 spiro atoms. The van der Waals surface area contributed by atoms with Gasteiger partial charge in [0.2, 0.25) is 0 Å². The van der Waals surface area contributed by atoms with Crippen LogP contribution in [0.3, 0.4) is 0 Å². The van der Waals surface area contributed by atoms with Gasteiger partial charge in [0.05, 0.1) is 0 Å². The molecule has 0 aromatic rings. The minimum atomic E-state index is -0.500. The Bertz CT molecular complexity index is 17.1. The maximum absolute atomic E-state index is 8.25. The number of hydrogen-bond acceptors (Lipinski definition) is 2. The second-order valence-corrected chi connectivity index (χ2v) is 0.0962. The van der Waals surface area contributed by atoms with E-state index in [0.29, 0.717) is 0 Å². The molecule has 0 rings (SSSR count). The standard InChI is InChI=1S/CH2O2.Cu.Ni/c2-1-3;;/h1H,(H,2,3);;/q;+1;+2/p-1. The van der Waals surface area contributed by atoms with Gasteiger partial charge in [0.1, 0.15) is 0 Å². The predicted molar refractivity (Wildman–Crippen MR) is 6.06 cm³/mol. The van der Waals surface area contributed by atoms with Crippen molar-refractivity contribution in [3.8, 4) is 0 Å². The molecular formula is CHCuNiO2+2. The average molecular weight is 167 g/mol. The first-order chi connectivity index (χ1) is 1.41. The van der Waals surface area contributed by atoms with Gasteiger partial charge >= 0.3 is 33.6 Å². The second kappa shape index (κ2) is 24.7. The molecule has 0 saturated carbocycles. The molecule has 0 fully saturated rings. The number of carbonyl (C=O) groups excluding carboxylic acids is 1. The monoisotopic (exact) mass is 166 g/mol. The molecule has 0 amide bonds. The molecule has 0 aromatic carbocycles. The van der Waals surface area contributed by atoms with Gasteiger partial charge in [0.15, 0.2) is 0 Å². The molecule has 0 aliphatic heterocycles. The summed E-state index contributed by atoms with van der Waals surface area (Å²) >= 11 is 0. The van der Waals surface area contributed by atoms with Crippen molar-refractivity contribution < 1.29 is 43.5 Å².